The lowest BCUT2D eigenvalue weighted by Gasteiger charge is -2.33. The average molecular weight is 437 g/mol. The van der Waals surface area contributed by atoms with Crippen LogP contribution in [0.25, 0.3) is 0 Å². The van der Waals surface area contributed by atoms with Crippen LogP contribution in [-0.2, 0) is 0 Å². The van der Waals surface area contributed by atoms with Gasteiger partial charge in [-0.1, -0.05) is 6.92 Å². The van der Waals surface area contributed by atoms with Crippen molar-refractivity contribution in [1.29, 1.82) is 0 Å². The molecule has 1 unspecified atom stereocenters. The van der Waals surface area contributed by atoms with Gasteiger partial charge in [0.25, 0.3) is 0 Å². The normalized spacial score (nSPS) is 24.4. The van der Waals surface area contributed by atoms with Gasteiger partial charge in [0.05, 0.1) is 0 Å². The van der Waals surface area contributed by atoms with Crippen molar-refractivity contribution < 1.29 is 0 Å². The summed E-state index contributed by atoms with van der Waals surface area (Å²) in [5, 5.41) is 3.55. The summed E-state index contributed by atoms with van der Waals surface area (Å²) in [6.07, 6.45) is 5.17. The number of unbranched alkanes of at least 4 members (excludes halogenated alkanes) is 1. The fourth-order valence-electron chi connectivity index (χ4n) is 3.45. The zero-order chi connectivity index (χ0) is 15.8. The maximum Gasteiger partial charge on any atom is 0.193 e. The van der Waals surface area contributed by atoms with Crippen LogP contribution in [0.5, 0.6) is 0 Å². The molecule has 5 nitrogen and oxygen atoms in total. The Labute approximate surface area is 159 Å². The maximum atomic E-state index is 4.46. The van der Waals surface area contributed by atoms with E-state index in [-0.39, 0.29) is 24.0 Å². The maximum absolute atomic E-state index is 4.46. The number of likely N-dealkylation sites (N-methyl/N-ethyl adjacent to an activating group) is 1. The molecule has 0 radical (unpaired) electrons. The molecule has 136 valence electrons. The van der Waals surface area contributed by atoms with Crippen LogP contribution in [0, 0.1) is 5.92 Å². The lowest BCUT2D eigenvalue weighted by atomic mass is 10.0. The molecule has 1 atom stereocenters. The summed E-state index contributed by atoms with van der Waals surface area (Å²) in [6, 6.07) is 0. The molecule has 1 N–H and O–H groups in total. The van der Waals surface area contributed by atoms with Gasteiger partial charge in [0.15, 0.2) is 5.96 Å². The van der Waals surface area contributed by atoms with E-state index in [1.807, 2.05) is 7.05 Å². The van der Waals surface area contributed by atoms with Crippen molar-refractivity contribution in [1.82, 2.24) is 20.0 Å². The van der Waals surface area contributed by atoms with Gasteiger partial charge in [-0.2, -0.15) is 0 Å². The van der Waals surface area contributed by atoms with Crippen molar-refractivity contribution in [3.8, 4) is 0 Å². The molecule has 2 aliphatic heterocycles. The van der Waals surface area contributed by atoms with E-state index in [1.54, 1.807) is 0 Å². The van der Waals surface area contributed by atoms with E-state index in [0.717, 1.165) is 31.5 Å². The standard InChI is InChI=1S/C17H35N5.HI/c1-16-7-6-10-22(15-16)17(18-2)19-8-4-5-9-21-13-11-20(3)12-14-21;/h16H,4-15H2,1-3H3,(H,18,19);1H. The third kappa shape index (κ3) is 7.56. The van der Waals surface area contributed by atoms with Gasteiger partial charge in [-0.05, 0) is 45.2 Å². The third-order valence-electron chi connectivity index (χ3n) is 4.95. The topological polar surface area (TPSA) is 34.1 Å². The highest BCUT2D eigenvalue weighted by Crippen LogP contribution is 2.15. The number of hydrogen-bond donors (Lipinski definition) is 1. The van der Waals surface area contributed by atoms with Gasteiger partial charge in [-0.15, -0.1) is 24.0 Å². The monoisotopic (exact) mass is 437 g/mol. The molecule has 0 bridgehead atoms. The Hall–Kier alpha value is -0.0800. The molecule has 2 fully saturated rings. The molecule has 23 heavy (non-hydrogen) atoms. The SMILES string of the molecule is CN=C(NCCCCN1CCN(C)CC1)N1CCCC(C)C1.I. The van der Waals surface area contributed by atoms with Crippen LogP contribution in [0.15, 0.2) is 4.99 Å². The van der Waals surface area contributed by atoms with E-state index < -0.39 is 0 Å². The summed E-state index contributed by atoms with van der Waals surface area (Å²) in [7, 11) is 4.13. The lowest BCUT2D eigenvalue weighted by molar-refractivity contribution is 0.152. The molecule has 2 rings (SSSR count). The molecule has 0 spiro atoms. The Balaban J connectivity index is 0.00000264. The van der Waals surface area contributed by atoms with E-state index in [9.17, 15) is 0 Å². The summed E-state index contributed by atoms with van der Waals surface area (Å²) in [4.78, 5) is 11.9. The van der Waals surface area contributed by atoms with Crippen LogP contribution in [0.4, 0.5) is 0 Å². The molecular formula is C17H36IN5. The predicted molar refractivity (Wildman–Crippen MR) is 110 cm³/mol. The van der Waals surface area contributed by atoms with Crippen LogP contribution in [0.3, 0.4) is 0 Å². The molecule has 0 aromatic carbocycles. The van der Waals surface area contributed by atoms with Crippen molar-refractivity contribution in [3.63, 3.8) is 0 Å². The Kier molecular flexibility index (Phi) is 10.5. The number of nitrogens with zero attached hydrogens (tertiary/aromatic N) is 4. The van der Waals surface area contributed by atoms with Crippen molar-refractivity contribution in [2.45, 2.75) is 32.6 Å². The van der Waals surface area contributed by atoms with Gasteiger partial charge in [0.1, 0.15) is 0 Å². The third-order valence-corrected chi connectivity index (χ3v) is 4.95. The van der Waals surface area contributed by atoms with Gasteiger partial charge >= 0.3 is 0 Å². The summed E-state index contributed by atoms with van der Waals surface area (Å²) >= 11 is 0. The van der Waals surface area contributed by atoms with Crippen LogP contribution >= 0.6 is 24.0 Å². The predicted octanol–water partition coefficient (Wildman–Crippen LogP) is 1.94. The van der Waals surface area contributed by atoms with Crippen molar-refractivity contribution >= 4 is 29.9 Å². The number of rotatable bonds is 5. The Morgan fingerprint density at radius 3 is 2.52 bits per heavy atom. The van der Waals surface area contributed by atoms with Gasteiger partial charge in [0, 0.05) is 52.9 Å². The lowest BCUT2D eigenvalue weighted by Crippen LogP contribution is -2.46. The quantitative estimate of drug-likeness (QED) is 0.309. The summed E-state index contributed by atoms with van der Waals surface area (Å²) < 4.78 is 0. The van der Waals surface area contributed by atoms with Crippen molar-refractivity contribution in [3.05, 3.63) is 0 Å². The molecule has 0 amide bonds. The smallest absolute Gasteiger partial charge is 0.193 e. The molecule has 2 aliphatic rings. The van der Waals surface area contributed by atoms with Crippen LogP contribution < -0.4 is 5.32 Å². The number of likely N-dealkylation sites (tertiary alicyclic amines) is 1. The van der Waals surface area contributed by atoms with Gasteiger partial charge in [-0.3, -0.25) is 4.99 Å². The number of nitrogens with one attached hydrogen (secondary N) is 1. The number of guanidine groups is 1. The van der Waals surface area contributed by atoms with E-state index in [4.69, 9.17) is 0 Å². The number of piperazine rings is 1. The minimum absolute atomic E-state index is 0. The summed E-state index contributed by atoms with van der Waals surface area (Å²) in [6.45, 7) is 11.9. The molecule has 0 aromatic rings. The van der Waals surface area contributed by atoms with Gasteiger partial charge in [-0.25, -0.2) is 0 Å². The molecule has 0 aromatic heterocycles. The zero-order valence-corrected chi connectivity index (χ0v) is 17.6. The Morgan fingerprint density at radius 1 is 1.13 bits per heavy atom. The molecule has 0 aliphatic carbocycles. The van der Waals surface area contributed by atoms with Gasteiger partial charge < -0.3 is 20.0 Å². The van der Waals surface area contributed by atoms with Crippen molar-refractivity contribution in [2.24, 2.45) is 10.9 Å². The highest BCUT2D eigenvalue weighted by Gasteiger charge is 2.19. The largest absolute Gasteiger partial charge is 0.356 e. The van der Waals surface area contributed by atoms with E-state index in [0.29, 0.717) is 0 Å². The Morgan fingerprint density at radius 2 is 1.87 bits per heavy atom. The van der Waals surface area contributed by atoms with Gasteiger partial charge in [0.2, 0.25) is 0 Å². The summed E-state index contributed by atoms with van der Waals surface area (Å²) in [5.74, 6) is 1.90. The van der Waals surface area contributed by atoms with E-state index in [1.165, 1.54) is 58.4 Å². The fourth-order valence-corrected chi connectivity index (χ4v) is 3.45. The van der Waals surface area contributed by atoms with Crippen LogP contribution in [-0.4, -0.2) is 87.1 Å². The summed E-state index contributed by atoms with van der Waals surface area (Å²) in [5.41, 5.74) is 0. The first kappa shape index (κ1) is 21.0. The average Bonchev–Trinajstić information content (AvgIpc) is 2.52. The number of aliphatic imine (C=N–C) groups is 1. The molecule has 0 saturated carbocycles. The molecule has 2 heterocycles. The van der Waals surface area contributed by atoms with E-state index in [2.05, 4.69) is 39.0 Å². The Bertz CT molecular complexity index is 342. The number of hydrogen-bond acceptors (Lipinski definition) is 3. The minimum Gasteiger partial charge on any atom is -0.356 e. The van der Waals surface area contributed by atoms with Crippen molar-refractivity contribution in [2.75, 3.05) is 66.5 Å². The minimum atomic E-state index is 0. The molecular weight excluding hydrogens is 401 g/mol. The highest BCUT2D eigenvalue weighted by molar-refractivity contribution is 14.0. The first-order valence-electron chi connectivity index (χ1n) is 9.05. The second-order valence-electron chi connectivity index (χ2n) is 7.02. The number of piperidine rings is 1. The highest BCUT2D eigenvalue weighted by atomic mass is 127. The second kappa shape index (κ2) is 11.5. The van der Waals surface area contributed by atoms with Crippen LogP contribution in [0.1, 0.15) is 32.6 Å². The molecule has 6 heteroatoms. The first-order valence-corrected chi connectivity index (χ1v) is 9.05. The second-order valence-corrected chi connectivity index (χ2v) is 7.02. The molecule has 2 saturated heterocycles. The first-order chi connectivity index (χ1) is 10.7. The number of halogens is 1. The fraction of sp³-hybridized carbons (Fsp3) is 0.941. The van der Waals surface area contributed by atoms with E-state index >= 15 is 0 Å². The zero-order valence-electron chi connectivity index (χ0n) is 15.3. The van der Waals surface area contributed by atoms with Crippen LogP contribution in [0.2, 0.25) is 0 Å².